The Balaban J connectivity index is 1.91. The van der Waals surface area contributed by atoms with E-state index in [0.717, 1.165) is 13.2 Å². The van der Waals surface area contributed by atoms with Crippen LogP contribution in [0.5, 0.6) is 0 Å². The zero-order valence-electron chi connectivity index (χ0n) is 7.61. The summed E-state index contributed by atoms with van der Waals surface area (Å²) in [5, 5.41) is 8.70. The van der Waals surface area contributed by atoms with E-state index >= 15 is 0 Å². The molecule has 1 saturated heterocycles. The van der Waals surface area contributed by atoms with Gasteiger partial charge in [-0.1, -0.05) is 0 Å². The van der Waals surface area contributed by atoms with E-state index in [1.807, 2.05) is 0 Å². The number of hydrogen-bond donors (Lipinski definition) is 1. The van der Waals surface area contributed by atoms with Gasteiger partial charge in [0.25, 0.3) is 0 Å². The molecule has 1 N–H and O–H groups in total. The zero-order chi connectivity index (χ0) is 9.26. The van der Waals surface area contributed by atoms with Crippen LogP contribution in [-0.2, 0) is 9.53 Å². The Kier molecular flexibility index (Phi) is 2.51. The second-order valence-corrected chi connectivity index (χ2v) is 3.80. The van der Waals surface area contributed by atoms with Gasteiger partial charge in [-0.05, 0) is 12.8 Å². The van der Waals surface area contributed by atoms with Crippen LogP contribution in [-0.4, -0.2) is 47.8 Å². The molecule has 2 aliphatic rings. The molecule has 1 atom stereocenters. The number of carboxylic acids is 1. The summed E-state index contributed by atoms with van der Waals surface area (Å²) in [6.07, 6.45) is 2.68. The Bertz CT molecular complexity index is 203. The van der Waals surface area contributed by atoms with Crippen molar-refractivity contribution >= 4 is 5.97 Å². The normalized spacial score (nSPS) is 30.3. The predicted octanol–water partition coefficient (Wildman–Crippen LogP) is 0.324. The molecule has 0 radical (unpaired) electrons. The van der Waals surface area contributed by atoms with E-state index in [-0.39, 0.29) is 12.5 Å². The van der Waals surface area contributed by atoms with Crippen molar-refractivity contribution in [2.45, 2.75) is 31.3 Å². The molecule has 2 fully saturated rings. The van der Waals surface area contributed by atoms with Gasteiger partial charge in [-0.15, -0.1) is 0 Å². The Hall–Kier alpha value is -0.610. The summed E-state index contributed by atoms with van der Waals surface area (Å²) < 4.78 is 5.29. The molecule has 0 spiro atoms. The van der Waals surface area contributed by atoms with Crippen molar-refractivity contribution < 1.29 is 14.6 Å². The number of carboxylic acid groups (broad SMARTS) is 1. The average Bonchev–Trinajstić information content (AvgIpc) is 2.87. The fraction of sp³-hybridized carbons (Fsp3) is 0.889. The SMILES string of the molecule is O=C(O)CC1COCCN1C1CC1. The second kappa shape index (κ2) is 3.64. The van der Waals surface area contributed by atoms with E-state index < -0.39 is 5.97 Å². The van der Waals surface area contributed by atoms with E-state index in [2.05, 4.69) is 4.90 Å². The van der Waals surface area contributed by atoms with Crippen LogP contribution >= 0.6 is 0 Å². The van der Waals surface area contributed by atoms with E-state index in [9.17, 15) is 4.79 Å². The fourth-order valence-corrected chi connectivity index (χ4v) is 1.93. The molecule has 1 aliphatic heterocycles. The maximum absolute atomic E-state index is 10.6. The average molecular weight is 185 g/mol. The lowest BCUT2D eigenvalue weighted by atomic mass is 10.1. The molecule has 0 aromatic heterocycles. The molecule has 1 unspecified atom stereocenters. The van der Waals surface area contributed by atoms with Crippen LogP contribution in [0.2, 0.25) is 0 Å². The van der Waals surface area contributed by atoms with Gasteiger partial charge in [-0.25, -0.2) is 0 Å². The predicted molar refractivity (Wildman–Crippen MR) is 46.6 cm³/mol. The number of nitrogens with zero attached hydrogens (tertiary/aromatic N) is 1. The number of carbonyl (C=O) groups is 1. The number of morpholine rings is 1. The van der Waals surface area contributed by atoms with Gasteiger partial charge in [0.15, 0.2) is 0 Å². The summed E-state index contributed by atoms with van der Waals surface area (Å²) in [5.74, 6) is -0.721. The molecule has 0 bridgehead atoms. The second-order valence-electron chi connectivity index (χ2n) is 3.80. The highest BCUT2D eigenvalue weighted by atomic mass is 16.5. The standard InChI is InChI=1S/C9H15NO3/c11-9(12)5-8-6-13-4-3-10(8)7-1-2-7/h7-8H,1-6H2,(H,11,12). The monoisotopic (exact) mass is 185 g/mol. The molecule has 0 aromatic rings. The number of hydrogen-bond acceptors (Lipinski definition) is 3. The lowest BCUT2D eigenvalue weighted by Crippen LogP contribution is -2.47. The largest absolute Gasteiger partial charge is 0.481 e. The molecule has 1 heterocycles. The van der Waals surface area contributed by atoms with Gasteiger partial charge in [0.2, 0.25) is 0 Å². The molecule has 4 nitrogen and oxygen atoms in total. The van der Waals surface area contributed by atoms with Gasteiger partial charge < -0.3 is 9.84 Å². The van der Waals surface area contributed by atoms with E-state index in [0.29, 0.717) is 12.6 Å². The van der Waals surface area contributed by atoms with E-state index in [1.54, 1.807) is 0 Å². The minimum absolute atomic E-state index is 0.110. The minimum Gasteiger partial charge on any atom is -0.481 e. The smallest absolute Gasteiger partial charge is 0.305 e. The first-order chi connectivity index (χ1) is 6.27. The topological polar surface area (TPSA) is 49.8 Å². The van der Waals surface area contributed by atoms with Gasteiger partial charge in [0.05, 0.1) is 19.6 Å². The molecule has 13 heavy (non-hydrogen) atoms. The molecule has 0 amide bonds. The third-order valence-electron chi connectivity index (χ3n) is 2.70. The Morgan fingerprint density at radius 2 is 2.31 bits per heavy atom. The summed E-state index contributed by atoms with van der Waals surface area (Å²) in [6, 6.07) is 0.756. The van der Waals surface area contributed by atoms with Gasteiger partial charge >= 0.3 is 5.97 Å². The van der Waals surface area contributed by atoms with E-state index in [4.69, 9.17) is 9.84 Å². The summed E-state index contributed by atoms with van der Waals surface area (Å²) in [7, 11) is 0. The van der Waals surface area contributed by atoms with Crippen LogP contribution in [0.25, 0.3) is 0 Å². The van der Waals surface area contributed by atoms with Crippen molar-refractivity contribution in [3.8, 4) is 0 Å². The third kappa shape index (κ3) is 2.19. The molecular formula is C9H15NO3. The lowest BCUT2D eigenvalue weighted by molar-refractivity contribution is -0.140. The first-order valence-corrected chi connectivity index (χ1v) is 4.82. The maximum atomic E-state index is 10.6. The van der Waals surface area contributed by atoms with Crippen LogP contribution in [0.15, 0.2) is 0 Å². The Morgan fingerprint density at radius 1 is 1.54 bits per heavy atom. The Morgan fingerprint density at radius 3 is 2.92 bits per heavy atom. The van der Waals surface area contributed by atoms with Crippen molar-refractivity contribution in [2.24, 2.45) is 0 Å². The van der Waals surface area contributed by atoms with Gasteiger partial charge in [-0.2, -0.15) is 0 Å². The van der Waals surface area contributed by atoms with Crippen molar-refractivity contribution in [2.75, 3.05) is 19.8 Å². The molecule has 0 aromatic carbocycles. The quantitative estimate of drug-likeness (QED) is 0.688. The van der Waals surface area contributed by atoms with Crippen molar-refractivity contribution in [3.05, 3.63) is 0 Å². The molecular weight excluding hydrogens is 170 g/mol. The summed E-state index contributed by atoms with van der Waals surface area (Å²) >= 11 is 0. The number of aliphatic carboxylic acids is 1. The fourth-order valence-electron chi connectivity index (χ4n) is 1.93. The minimum atomic E-state index is -0.721. The first kappa shape index (κ1) is 8.97. The van der Waals surface area contributed by atoms with Gasteiger partial charge in [-0.3, -0.25) is 9.69 Å². The van der Waals surface area contributed by atoms with Crippen molar-refractivity contribution in [1.29, 1.82) is 0 Å². The maximum Gasteiger partial charge on any atom is 0.305 e. The van der Waals surface area contributed by atoms with Gasteiger partial charge in [0, 0.05) is 18.6 Å². The molecule has 1 aliphatic carbocycles. The molecule has 74 valence electrons. The number of rotatable bonds is 3. The zero-order valence-corrected chi connectivity index (χ0v) is 7.61. The van der Waals surface area contributed by atoms with Crippen LogP contribution in [0.1, 0.15) is 19.3 Å². The summed E-state index contributed by atoms with van der Waals surface area (Å²) in [6.45, 7) is 2.25. The van der Waals surface area contributed by atoms with Crippen LogP contribution < -0.4 is 0 Å². The third-order valence-corrected chi connectivity index (χ3v) is 2.70. The highest BCUT2D eigenvalue weighted by molar-refractivity contribution is 5.67. The molecule has 4 heteroatoms. The number of ether oxygens (including phenoxy) is 1. The Labute approximate surface area is 77.5 Å². The van der Waals surface area contributed by atoms with Crippen molar-refractivity contribution in [3.63, 3.8) is 0 Å². The summed E-state index contributed by atoms with van der Waals surface area (Å²) in [4.78, 5) is 12.9. The molecule has 1 saturated carbocycles. The van der Waals surface area contributed by atoms with Crippen LogP contribution in [0.4, 0.5) is 0 Å². The van der Waals surface area contributed by atoms with Crippen LogP contribution in [0.3, 0.4) is 0 Å². The first-order valence-electron chi connectivity index (χ1n) is 4.82. The van der Waals surface area contributed by atoms with E-state index in [1.165, 1.54) is 12.8 Å². The lowest BCUT2D eigenvalue weighted by Gasteiger charge is -2.34. The highest BCUT2D eigenvalue weighted by Crippen LogP contribution is 2.30. The van der Waals surface area contributed by atoms with Crippen LogP contribution in [0, 0.1) is 0 Å². The van der Waals surface area contributed by atoms with Gasteiger partial charge in [0.1, 0.15) is 0 Å². The summed E-state index contributed by atoms with van der Waals surface area (Å²) in [5.41, 5.74) is 0. The highest BCUT2D eigenvalue weighted by Gasteiger charge is 2.36. The molecule has 2 rings (SSSR count). The van der Waals surface area contributed by atoms with Crippen molar-refractivity contribution in [1.82, 2.24) is 4.90 Å².